The largest absolute Gasteiger partial charge is 0.503 e. The Hall–Kier alpha value is -2.17. The average Bonchev–Trinajstić information content (AvgIpc) is 2.32. The molecule has 1 aromatic carbocycles. The lowest BCUT2D eigenvalue weighted by Crippen LogP contribution is -2.04. The fourth-order valence-electron chi connectivity index (χ4n) is 1.55. The van der Waals surface area contributed by atoms with Crippen molar-refractivity contribution >= 4 is 10.8 Å². The summed E-state index contributed by atoms with van der Waals surface area (Å²) < 4.78 is 10.2. The van der Waals surface area contributed by atoms with E-state index in [1.165, 1.54) is 20.4 Å². The van der Waals surface area contributed by atoms with Crippen molar-refractivity contribution in [2.24, 2.45) is 0 Å². The topological polar surface area (TPSA) is 71.6 Å². The Morgan fingerprint density at radius 2 is 1.81 bits per heavy atom. The van der Waals surface area contributed by atoms with E-state index < -0.39 is 5.56 Å². The molecule has 0 radical (unpaired) electrons. The average molecular weight is 221 g/mol. The molecule has 1 heterocycles. The molecule has 0 bridgehead atoms. The second-order valence-corrected chi connectivity index (χ2v) is 3.26. The molecular formula is C11H11NO4. The summed E-state index contributed by atoms with van der Waals surface area (Å²) in [7, 11) is 3.02. The number of fused-ring (bicyclic) bond motifs is 1. The zero-order valence-electron chi connectivity index (χ0n) is 8.90. The van der Waals surface area contributed by atoms with Crippen LogP contribution in [0.3, 0.4) is 0 Å². The van der Waals surface area contributed by atoms with Gasteiger partial charge in [0, 0.05) is 17.0 Å². The lowest BCUT2D eigenvalue weighted by Gasteiger charge is -2.09. The van der Waals surface area contributed by atoms with E-state index in [9.17, 15) is 9.90 Å². The molecule has 0 fully saturated rings. The fraction of sp³-hybridized carbons (Fsp3) is 0.182. The molecule has 84 valence electrons. The molecule has 1 aromatic heterocycles. The van der Waals surface area contributed by atoms with Gasteiger partial charge in [0.25, 0.3) is 5.56 Å². The Morgan fingerprint density at radius 1 is 1.19 bits per heavy atom. The van der Waals surface area contributed by atoms with Crippen molar-refractivity contribution < 1.29 is 14.6 Å². The van der Waals surface area contributed by atoms with Crippen LogP contribution in [0.4, 0.5) is 0 Å². The molecule has 5 nitrogen and oxygen atoms in total. The SMILES string of the molecule is COc1cc2c[nH]c(=O)c(O)c2cc1OC. The lowest BCUT2D eigenvalue weighted by atomic mass is 10.1. The van der Waals surface area contributed by atoms with Crippen molar-refractivity contribution in [3.63, 3.8) is 0 Å². The van der Waals surface area contributed by atoms with Gasteiger partial charge in [0.15, 0.2) is 17.2 Å². The summed E-state index contributed by atoms with van der Waals surface area (Å²) in [6.45, 7) is 0. The molecule has 0 saturated carbocycles. The highest BCUT2D eigenvalue weighted by Crippen LogP contribution is 2.33. The van der Waals surface area contributed by atoms with Crippen LogP contribution in [0.2, 0.25) is 0 Å². The molecule has 2 aromatic rings. The molecule has 0 aliphatic rings. The predicted molar refractivity (Wildman–Crippen MR) is 59.3 cm³/mol. The van der Waals surface area contributed by atoms with Crippen molar-refractivity contribution in [3.8, 4) is 17.2 Å². The van der Waals surface area contributed by atoms with E-state index in [1.807, 2.05) is 0 Å². The quantitative estimate of drug-likeness (QED) is 0.800. The summed E-state index contributed by atoms with van der Waals surface area (Å²) in [5, 5.41) is 10.7. The van der Waals surface area contributed by atoms with Crippen LogP contribution in [-0.4, -0.2) is 24.3 Å². The summed E-state index contributed by atoms with van der Waals surface area (Å²) in [4.78, 5) is 13.6. The maximum Gasteiger partial charge on any atom is 0.290 e. The first kappa shape index (κ1) is 10.4. The van der Waals surface area contributed by atoms with E-state index in [2.05, 4.69) is 4.98 Å². The van der Waals surface area contributed by atoms with E-state index in [-0.39, 0.29) is 5.75 Å². The van der Waals surface area contributed by atoms with E-state index in [4.69, 9.17) is 9.47 Å². The van der Waals surface area contributed by atoms with Gasteiger partial charge in [0.1, 0.15) is 0 Å². The van der Waals surface area contributed by atoms with Gasteiger partial charge in [-0.1, -0.05) is 0 Å². The third kappa shape index (κ3) is 1.46. The number of pyridine rings is 1. The van der Waals surface area contributed by atoms with Gasteiger partial charge >= 0.3 is 0 Å². The predicted octanol–water partition coefficient (Wildman–Crippen LogP) is 1.25. The molecular weight excluding hydrogens is 210 g/mol. The maximum absolute atomic E-state index is 11.2. The van der Waals surface area contributed by atoms with E-state index >= 15 is 0 Å². The molecule has 0 aliphatic heterocycles. The molecule has 0 amide bonds. The van der Waals surface area contributed by atoms with Gasteiger partial charge in [-0.2, -0.15) is 0 Å². The van der Waals surface area contributed by atoms with Crippen LogP contribution in [0.1, 0.15) is 0 Å². The van der Waals surface area contributed by atoms with Crippen molar-refractivity contribution in [3.05, 3.63) is 28.7 Å². The maximum atomic E-state index is 11.2. The highest BCUT2D eigenvalue weighted by Gasteiger charge is 2.10. The zero-order valence-corrected chi connectivity index (χ0v) is 8.90. The van der Waals surface area contributed by atoms with Gasteiger partial charge in [0.05, 0.1) is 14.2 Å². The number of benzene rings is 1. The number of aromatic nitrogens is 1. The third-order valence-electron chi connectivity index (χ3n) is 2.38. The standard InChI is InChI=1S/C11H11NO4/c1-15-8-3-6-5-12-11(14)10(13)7(6)4-9(8)16-2/h3-5,13H,1-2H3,(H,12,14). The number of rotatable bonds is 2. The molecule has 0 spiro atoms. The first-order valence-corrected chi connectivity index (χ1v) is 4.63. The van der Waals surface area contributed by atoms with Gasteiger partial charge in [-0.25, -0.2) is 0 Å². The number of hydrogen-bond donors (Lipinski definition) is 2. The third-order valence-corrected chi connectivity index (χ3v) is 2.38. The molecule has 2 rings (SSSR count). The fourth-order valence-corrected chi connectivity index (χ4v) is 1.55. The van der Waals surface area contributed by atoms with E-state index in [0.717, 1.165) is 0 Å². The minimum Gasteiger partial charge on any atom is -0.503 e. The Bertz CT molecular complexity index is 588. The van der Waals surface area contributed by atoms with Crippen LogP contribution in [0, 0.1) is 0 Å². The van der Waals surface area contributed by atoms with Crippen molar-refractivity contribution in [1.82, 2.24) is 4.98 Å². The second kappa shape index (κ2) is 3.77. The summed E-state index contributed by atoms with van der Waals surface area (Å²) >= 11 is 0. The number of hydrogen-bond acceptors (Lipinski definition) is 4. The van der Waals surface area contributed by atoms with Crippen molar-refractivity contribution in [2.45, 2.75) is 0 Å². The Balaban J connectivity index is 2.83. The lowest BCUT2D eigenvalue weighted by molar-refractivity contribution is 0.355. The Morgan fingerprint density at radius 3 is 2.44 bits per heavy atom. The van der Waals surface area contributed by atoms with Crippen LogP contribution in [0.25, 0.3) is 10.8 Å². The van der Waals surface area contributed by atoms with Crippen LogP contribution in [0.5, 0.6) is 17.2 Å². The zero-order chi connectivity index (χ0) is 11.7. The van der Waals surface area contributed by atoms with Crippen molar-refractivity contribution in [1.29, 1.82) is 0 Å². The number of nitrogens with one attached hydrogen (secondary N) is 1. The molecule has 0 atom stereocenters. The van der Waals surface area contributed by atoms with Gasteiger partial charge in [-0.3, -0.25) is 4.79 Å². The number of aromatic hydroxyl groups is 1. The molecule has 0 aliphatic carbocycles. The van der Waals surface area contributed by atoms with Crippen LogP contribution in [-0.2, 0) is 0 Å². The van der Waals surface area contributed by atoms with E-state index in [0.29, 0.717) is 22.3 Å². The normalized spacial score (nSPS) is 10.4. The number of aromatic amines is 1. The summed E-state index contributed by atoms with van der Waals surface area (Å²) in [6.07, 6.45) is 1.51. The minimum atomic E-state index is -0.528. The first-order chi connectivity index (χ1) is 7.67. The monoisotopic (exact) mass is 221 g/mol. The number of methoxy groups -OCH3 is 2. The highest BCUT2D eigenvalue weighted by atomic mass is 16.5. The smallest absolute Gasteiger partial charge is 0.290 e. The molecule has 16 heavy (non-hydrogen) atoms. The Kier molecular flexibility index (Phi) is 2.44. The summed E-state index contributed by atoms with van der Waals surface area (Å²) in [5.41, 5.74) is -0.528. The highest BCUT2D eigenvalue weighted by molar-refractivity contribution is 5.90. The van der Waals surface area contributed by atoms with Gasteiger partial charge < -0.3 is 19.6 Å². The molecule has 0 unspecified atom stereocenters. The minimum absolute atomic E-state index is 0.321. The summed E-state index contributed by atoms with van der Waals surface area (Å²) in [5.74, 6) is 0.691. The van der Waals surface area contributed by atoms with Crippen molar-refractivity contribution in [2.75, 3.05) is 14.2 Å². The molecule has 2 N–H and O–H groups in total. The molecule has 5 heteroatoms. The van der Waals surface area contributed by atoms with Gasteiger partial charge in [0.2, 0.25) is 0 Å². The van der Waals surface area contributed by atoms with Crippen LogP contribution >= 0.6 is 0 Å². The van der Waals surface area contributed by atoms with Gasteiger partial charge in [-0.05, 0) is 12.1 Å². The van der Waals surface area contributed by atoms with E-state index in [1.54, 1.807) is 12.1 Å². The van der Waals surface area contributed by atoms with Gasteiger partial charge in [-0.15, -0.1) is 0 Å². The molecule has 0 saturated heterocycles. The Labute approximate surface area is 91.2 Å². The van der Waals surface area contributed by atoms with Crippen LogP contribution in [0.15, 0.2) is 23.1 Å². The van der Waals surface area contributed by atoms with Crippen LogP contribution < -0.4 is 15.0 Å². The first-order valence-electron chi connectivity index (χ1n) is 4.63. The summed E-state index contributed by atoms with van der Waals surface area (Å²) in [6, 6.07) is 3.25. The number of ether oxygens (including phenoxy) is 2. The number of H-pyrrole nitrogens is 1. The second-order valence-electron chi connectivity index (χ2n) is 3.26.